The largest absolute Gasteiger partial charge is 0.438 e. The number of quaternary nitrogens is 1. The third kappa shape index (κ3) is 6.16. The summed E-state index contributed by atoms with van der Waals surface area (Å²) < 4.78 is 49.0. The van der Waals surface area contributed by atoms with E-state index in [-0.39, 0.29) is 44.9 Å². The van der Waals surface area contributed by atoms with Gasteiger partial charge in [-0.15, -0.1) is 5.10 Å². The molecule has 0 spiro atoms. The third-order valence-corrected chi connectivity index (χ3v) is 15.4. The van der Waals surface area contributed by atoms with Gasteiger partial charge in [0.25, 0.3) is 0 Å². The van der Waals surface area contributed by atoms with E-state index < -0.39 is 28.6 Å². The van der Waals surface area contributed by atoms with Gasteiger partial charge in [-0.1, -0.05) is 30.3 Å². The number of carbonyl (C=O) groups is 1. The number of nitrogens with one attached hydrogen (secondary N) is 1. The van der Waals surface area contributed by atoms with Crippen molar-refractivity contribution in [1.82, 2.24) is 49.3 Å². The number of aryl methyl sites for hydroxylation is 3. The van der Waals surface area contributed by atoms with Gasteiger partial charge in [0.1, 0.15) is 35.5 Å². The molecule has 0 radical (unpaired) electrons. The first-order chi connectivity index (χ1) is 31.3. The number of carbonyl (C=O) groups excluding carboxylic acids is 1. The minimum atomic E-state index is -0.926. The second-order valence-electron chi connectivity index (χ2n) is 19.8. The smallest absolute Gasteiger partial charge is 0.376 e. The molecule has 1 saturated heterocycles. The standard InChI is InChI=1S/C48H49F2N11O4S/c1-25-17-31(18-26(2)40(25)49)60-42(58-23-35(53-56-58)32-10-12-37-33(41(32)50)22-51-57(37)8)39-27(3)61(66,15-13-34(39)54-60)43(62)38-20-30-19-28(29-14-16-64-47(6,7)21-29)9-11-36(30)59(38)48(24-46(48,4)5)44-52-45(63)65-55-44/h9-12,17-20,22-23,27,29,66H,13-16,21,24H2,1-8H3/p+1/t27-,29-,48+,61?/m0/s1. The van der Waals surface area contributed by atoms with Gasteiger partial charge in [0, 0.05) is 36.5 Å². The lowest BCUT2D eigenvalue weighted by atomic mass is 9.83. The Hall–Kier alpha value is -6.24. The number of fused-ring (bicyclic) bond motifs is 3. The maximum absolute atomic E-state index is 16.1. The highest BCUT2D eigenvalue weighted by Gasteiger charge is 2.68. The second-order valence-corrected chi connectivity index (χ2v) is 20.5. The van der Waals surface area contributed by atoms with Crippen molar-refractivity contribution in [3.8, 4) is 22.8 Å². The van der Waals surface area contributed by atoms with Crippen LogP contribution in [0.1, 0.15) is 110 Å². The van der Waals surface area contributed by atoms with Crippen molar-refractivity contribution in [2.24, 2.45) is 12.5 Å². The molecule has 66 heavy (non-hydrogen) atoms. The van der Waals surface area contributed by atoms with E-state index in [9.17, 15) is 4.79 Å². The van der Waals surface area contributed by atoms with Gasteiger partial charge in [0.15, 0.2) is 17.3 Å². The molecule has 2 aliphatic heterocycles. The van der Waals surface area contributed by atoms with Crippen molar-refractivity contribution >= 4 is 40.5 Å². The van der Waals surface area contributed by atoms with Crippen LogP contribution in [0, 0.1) is 30.9 Å². The summed E-state index contributed by atoms with van der Waals surface area (Å²) >= 11 is 5.37. The Morgan fingerprint density at radius 1 is 1.02 bits per heavy atom. The van der Waals surface area contributed by atoms with Gasteiger partial charge >= 0.3 is 11.7 Å². The average molecular weight is 915 g/mol. The van der Waals surface area contributed by atoms with Gasteiger partial charge in [-0.25, -0.2) is 27.7 Å². The van der Waals surface area contributed by atoms with Crippen LogP contribution in [0.15, 0.2) is 70.2 Å². The van der Waals surface area contributed by atoms with E-state index in [2.05, 4.69) is 71.4 Å². The second kappa shape index (κ2) is 14.4. The summed E-state index contributed by atoms with van der Waals surface area (Å²) in [6, 6.07) is 14.6. The lowest BCUT2D eigenvalue weighted by Crippen LogP contribution is -2.51. The highest BCUT2D eigenvalue weighted by atomic mass is 32.1. The molecule has 1 aliphatic carbocycles. The zero-order valence-corrected chi connectivity index (χ0v) is 38.9. The number of hydrogen-bond acceptors (Lipinski definition) is 10. The lowest BCUT2D eigenvalue weighted by Gasteiger charge is -2.38. The molecular weight excluding hydrogens is 865 g/mol. The Morgan fingerprint density at radius 3 is 2.45 bits per heavy atom. The van der Waals surface area contributed by atoms with Gasteiger partial charge in [-0.3, -0.25) is 14.2 Å². The van der Waals surface area contributed by atoms with Crippen molar-refractivity contribution in [3.63, 3.8) is 0 Å². The number of aromatic amines is 1. The van der Waals surface area contributed by atoms with Crippen molar-refractivity contribution in [2.45, 2.75) is 97.2 Å². The topological polar surface area (TPSA) is 156 Å². The quantitative estimate of drug-likeness (QED) is 0.118. The molecule has 2 fully saturated rings. The first-order valence-corrected chi connectivity index (χ1v) is 22.7. The Bertz CT molecular complexity index is 3370. The molecule has 11 rings (SSSR count). The molecule has 340 valence electrons. The molecule has 8 aromatic rings. The molecule has 18 heteroatoms. The molecule has 5 aromatic heterocycles. The van der Waals surface area contributed by atoms with E-state index >= 15 is 13.6 Å². The van der Waals surface area contributed by atoms with E-state index in [1.54, 1.807) is 65.4 Å². The number of thiol groups is 1. The monoisotopic (exact) mass is 914 g/mol. The number of halogens is 2. The fourth-order valence-electron chi connectivity index (χ4n) is 11.0. The number of nitrogens with zero attached hydrogens (tertiary/aromatic N) is 10. The molecule has 1 unspecified atom stereocenters. The Balaban J connectivity index is 1.07. The molecule has 7 heterocycles. The molecule has 0 bridgehead atoms. The van der Waals surface area contributed by atoms with Crippen LogP contribution in [-0.4, -0.2) is 77.8 Å². The molecule has 3 aromatic carbocycles. The minimum absolute atomic E-state index is 0.236. The van der Waals surface area contributed by atoms with E-state index in [1.165, 1.54) is 6.20 Å². The first-order valence-electron chi connectivity index (χ1n) is 22.3. The summed E-state index contributed by atoms with van der Waals surface area (Å²) in [5.41, 5.74) is 4.71. The first kappa shape index (κ1) is 42.4. The lowest BCUT2D eigenvalue weighted by molar-refractivity contribution is -0.742. The Morgan fingerprint density at radius 2 is 1.76 bits per heavy atom. The summed E-state index contributed by atoms with van der Waals surface area (Å²) in [5.74, 6) is -0.693. The van der Waals surface area contributed by atoms with Gasteiger partial charge in [-0.2, -0.15) is 14.1 Å². The van der Waals surface area contributed by atoms with E-state index in [0.717, 1.165) is 29.3 Å². The molecular formula is C48H50F2N11O4S+. The summed E-state index contributed by atoms with van der Waals surface area (Å²) in [7, 11) is 1.75. The van der Waals surface area contributed by atoms with Crippen LogP contribution in [0.3, 0.4) is 0 Å². The molecule has 3 aliphatic rings. The van der Waals surface area contributed by atoms with Crippen molar-refractivity contribution < 1.29 is 26.7 Å². The summed E-state index contributed by atoms with van der Waals surface area (Å²) in [6.07, 6.45) is 5.77. The summed E-state index contributed by atoms with van der Waals surface area (Å²) in [6.45, 7) is 14.7. The number of hydrogen-bond donors (Lipinski definition) is 2. The zero-order chi connectivity index (χ0) is 46.4. The molecule has 15 nitrogen and oxygen atoms in total. The Labute approximate surface area is 383 Å². The maximum atomic E-state index is 16.1. The fraction of sp³-hybridized carbons (Fsp3) is 0.396. The van der Waals surface area contributed by atoms with Gasteiger partial charge in [-0.05, 0) is 124 Å². The molecule has 1 amide bonds. The molecule has 1 saturated carbocycles. The summed E-state index contributed by atoms with van der Waals surface area (Å²) in [4.78, 5) is 31.3. The third-order valence-electron chi connectivity index (χ3n) is 14.7. The number of aromatic nitrogens is 10. The summed E-state index contributed by atoms with van der Waals surface area (Å²) in [5, 5.41) is 23.8. The number of amides is 1. The highest BCUT2D eigenvalue weighted by molar-refractivity contribution is 7.74. The van der Waals surface area contributed by atoms with Crippen LogP contribution >= 0.6 is 12.8 Å². The van der Waals surface area contributed by atoms with Crippen molar-refractivity contribution in [2.75, 3.05) is 13.2 Å². The molecule has 1 N–H and O–H groups in total. The van der Waals surface area contributed by atoms with Gasteiger partial charge < -0.3 is 9.30 Å². The highest BCUT2D eigenvalue weighted by Crippen LogP contribution is 2.65. The van der Waals surface area contributed by atoms with Crippen LogP contribution in [0.4, 0.5) is 8.78 Å². The van der Waals surface area contributed by atoms with E-state index in [1.807, 2.05) is 17.6 Å². The van der Waals surface area contributed by atoms with E-state index in [0.29, 0.717) is 75.8 Å². The van der Waals surface area contributed by atoms with Gasteiger partial charge in [0.2, 0.25) is 0 Å². The van der Waals surface area contributed by atoms with Crippen LogP contribution in [0.5, 0.6) is 0 Å². The van der Waals surface area contributed by atoms with Crippen molar-refractivity contribution in [1.29, 1.82) is 0 Å². The number of ether oxygens (including phenoxy) is 1. The number of rotatable bonds is 7. The van der Waals surface area contributed by atoms with Crippen molar-refractivity contribution in [3.05, 3.63) is 123 Å². The normalized spacial score (nSPS) is 23.4. The minimum Gasteiger partial charge on any atom is -0.376 e. The zero-order valence-electron chi connectivity index (χ0n) is 38.0. The Kier molecular flexibility index (Phi) is 9.24. The van der Waals surface area contributed by atoms with Crippen LogP contribution in [0.2, 0.25) is 0 Å². The number of benzene rings is 3. The maximum Gasteiger partial charge on any atom is 0.438 e. The van der Waals surface area contributed by atoms with E-state index in [4.69, 9.17) is 27.2 Å². The van der Waals surface area contributed by atoms with Crippen LogP contribution < -0.4 is 5.76 Å². The van der Waals surface area contributed by atoms with Crippen LogP contribution in [-0.2, 0) is 23.7 Å². The van der Waals surface area contributed by atoms with Crippen LogP contribution in [0.25, 0.3) is 44.6 Å². The number of H-pyrrole nitrogens is 1. The predicted molar refractivity (Wildman–Crippen MR) is 245 cm³/mol. The molecule has 4 atom stereocenters. The fourth-order valence-corrected chi connectivity index (χ4v) is 11.4. The van der Waals surface area contributed by atoms with Gasteiger partial charge in [0.05, 0.1) is 58.7 Å². The SMILES string of the molecule is Cc1cc(-n2nc3c(c2-n2cc(-c4ccc5c(cnn5C)c4F)nn2)[C@H](C)[N+](S)(C(=O)c2cc4cc([C@H]5CCOC(C)(C)C5)ccc4n2[C@@]2(c4noc(=O)[nH]4)CC2(C)C)CC3)cc(C)c1F. The average Bonchev–Trinajstić information content (AvgIpc) is 4.00. The predicted octanol–water partition coefficient (Wildman–Crippen LogP) is 8.50.